The van der Waals surface area contributed by atoms with Gasteiger partial charge in [-0.3, -0.25) is 9.59 Å². The van der Waals surface area contributed by atoms with E-state index >= 15 is 0 Å². The first-order valence-electron chi connectivity index (χ1n) is 10.7. The summed E-state index contributed by atoms with van der Waals surface area (Å²) in [7, 11) is 0. The van der Waals surface area contributed by atoms with Gasteiger partial charge < -0.3 is 44.5 Å². The summed E-state index contributed by atoms with van der Waals surface area (Å²) in [6, 6.07) is 0. The Balaban J connectivity index is 1.45. The summed E-state index contributed by atoms with van der Waals surface area (Å²) in [5, 5.41) is 51.1. The first kappa shape index (κ1) is 22.2. The molecule has 0 aromatic rings. The number of esters is 2. The zero-order chi connectivity index (χ0) is 23.3. The van der Waals surface area contributed by atoms with E-state index in [2.05, 4.69) is 0 Å². The lowest BCUT2D eigenvalue weighted by Crippen LogP contribution is -2.59. The smallest absolute Gasteiger partial charge is 0.315 e. The molecular formula is C21H28O11. The molecule has 3 heterocycles. The highest BCUT2D eigenvalue weighted by atomic mass is 16.7. The Morgan fingerprint density at radius 2 is 1.84 bits per heavy atom. The molecule has 0 radical (unpaired) electrons. The van der Waals surface area contributed by atoms with Crippen LogP contribution >= 0.6 is 0 Å². The quantitative estimate of drug-likeness (QED) is 0.228. The topological polar surface area (TPSA) is 172 Å². The number of aliphatic hydroxyl groups excluding tert-OH is 5. The molecule has 1 saturated carbocycles. The molecule has 10 unspecified atom stereocenters. The zero-order valence-corrected chi connectivity index (χ0v) is 17.8. The number of hydrogen-bond donors (Lipinski definition) is 5. The van der Waals surface area contributed by atoms with Crippen LogP contribution in [0.4, 0.5) is 0 Å². The first-order chi connectivity index (χ1) is 15.0. The molecule has 11 heteroatoms. The standard InChI is InChI=1S/C21H28O11/c1-18-8-30-17(28)19(18,2)16(27)20-5-11(23)32-21(18,20)4-3-9(20)7-29-15-14(26)13(25)12(24)10(6-22)31-15/h3,10,12-16,22,24-27H,4-8H2,1-2H3. The maximum Gasteiger partial charge on any atom is 0.315 e. The monoisotopic (exact) mass is 456 g/mol. The third-order valence-corrected chi connectivity index (χ3v) is 8.86. The van der Waals surface area contributed by atoms with Crippen LogP contribution in [0.25, 0.3) is 0 Å². The lowest BCUT2D eigenvalue weighted by Gasteiger charge is -2.43. The summed E-state index contributed by atoms with van der Waals surface area (Å²) in [6.45, 7) is 2.63. The van der Waals surface area contributed by atoms with E-state index in [0.717, 1.165) is 0 Å². The van der Waals surface area contributed by atoms with Gasteiger partial charge in [-0.1, -0.05) is 13.0 Å². The van der Waals surface area contributed by atoms with Gasteiger partial charge in [0.2, 0.25) is 0 Å². The molecule has 4 fully saturated rings. The maximum absolute atomic E-state index is 12.7. The zero-order valence-electron chi connectivity index (χ0n) is 17.8. The van der Waals surface area contributed by atoms with Gasteiger partial charge in [-0.05, 0) is 12.5 Å². The fraction of sp³-hybridized carbons (Fsp3) is 0.810. The van der Waals surface area contributed by atoms with Crippen molar-refractivity contribution < 1.29 is 54.1 Å². The minimum atomic E-state index is -1.60. The van der Waals surface area contributed by atoms with E-state index in [9.17, 15) is 35.1 Å². The summed E-state index contributed by atoms with van der Waals surface area (Å²) in [5.41, 5.74) is -4.15. The van der Waals surface area contributed by atoms with Crippen molar-refractivity contribution in [3.8, 4) is 0 Å². The van der Waals surface area contributed by atoms with Crippen molar-refractivity contribution in [3.05, 3.63) is 11.6 Å². The number of carbonyl (C=O) groups is 2. The van der Waals surface area contributed by atoms with Gasteiger partial charge in [0, 0.05) is 6.42 Å². The van der Waals surface area contributed by atoms with Crippen molar-refractivity contribution in [2.24, 2.45) is 16.2 Å². The largest absolute Gasteiger partial charge is 0.464 e. The molecule has 0 aromatic heterocycles. The Morgan fingerprint density at radius 3 is 2.53 bits per heavy atom. The molecule has 0 aromatic carbocycles. The number of cyclic esters (lactones) is 1. The van der Waals surface area contributed by atoms with Crippen LogP contribution in [0.2, 0.25) is 0 Å². The van der Waals surface area contributed by atoms with Gasteiger partial charge in [0.15, 0.2) is 6.29 Å². The van der Waals surface area contributed by atoms with Gasteiger partial charge in [-0.15, -0.1) is 0 Å². The van der Waals surface area contributed by atoms with Crippen molar-refractivity contribution in [2.45, 2.75) is 69.1 Å². The lowest BCUT2D eigenvalue weighted by atomic mass is 9.62. The lowest BCUT2D eigenvalue weighted by molar-refractivity contribution is -0.299. The number of carbonyl (C=O) groups excluding carboxylic acids is 2. The molecule has 0 spiro atoms. The van der Waals surface area contributed by atoms with Crippen LogP contribution in [0.1, 0.15) is 26.7 Å². The van der Waals surface area contributed by atoms with Crippen molar-refractivity contribution in [1.29, 1.82) is 0 Å². The van der Waals surface area contributed by atoms with Crippen LogP contribution < -0.4 is 0 Å². The van der Waals surface area contributed by atoms with E-state index in [1.54, 1.807) is 19.9 Å². The molecule has 10 atom stereocenters. The van der Waals surface area contributed by atoms with Gasteiger partial charge in [0.1, 0.15) is 42.0 Å². The third kappa shape index (κ3) is 2.20. The van der Waals surface area contributed by atoms with Crippen molar-refractivity contribution in [3.63, 3.8) is 0 Å². The summed E-state index contributed by atoms with van der Waals surface area (Å²) in [5.74, 6) is -1.04. The average molecular weight is 456 g/mol. The van der Waals surface area contributed by atoms with E-state index in [4.69, 9.17) is 18.9 Å². The number of rotatable bonds is 4. The third-order valence-electron chi connectivity index (χ3n) is 8.86. The fourth-order valence-electron chi connectivity index (χ4n) is 6.80. The van der Waals surface area contributed by atoms with Crippen LogP contribution in [0.3, 0.4) is 0 Å². The summed E-state index contributed by atoms with van der Waals surface area (Å²) >= 11 is 0. The van der Waals surface area contributed by atoms with Gasteiger partial charge in [0.25, 0.3) is 0 Å². The van der Waals surface area contributed by atoms with E-state index < -0.39 is 77.2 Å². The number of fused-ring (bicyclic) bond motifs is 1. The minimum Gasteiger partial charge on any atom is -0.464 e. The van der Waals surface area contributed by atoms with Crippen molar-refractivity contribution in [1.82, 2.24) is 0 Å². The van der Waals surface area contributed by atoms with E-state index in [0.29, 0.717) is 5.57 Å². The molecule has 0 bridgehead atoms. The van der Waals surface area contributed by atoms with E-state index in [-0.39, 0.29) is 26.1 Å². The van der Waals surface area contributed by atoms with Gasteiger partial charge in [0.05, 0.1) is 36.6 Å². The first-order valence-corrected chi connectivity index (χ1v) is 10.7. The van der Waals surface area contributed by atoms with Gasteiger partial charge >= 0.3 is 11.9 Å². The summed E-state index contributed by atoms with van der Waals surface area (Å²) < 4.78 is 22.3. The summed E-state index contributed by atoms with van der Waals surface area (Å²) in [6.07, 6.45) is -6.57. The van der Waals surface area contributed by atoms with Gasteiger partial charge in [-0.25, -0.2) is 0 Å². The number of aliphatic hydroxyl groups is 5. The Morgan fingerprint density at radius 1 is 1.12 bits per heavy atom. The second-order valence-corrected chi connectivity index (χ2v) is 9.90. The summed E-state index contributed by atoms with van der Waals surface area (Å²) in [4.78, 5) is 25.2. The highest BCUT2D eigenvalue weighted by Crippen LogP contribution is 2.78. The maximum atomic E-state index is 12.7. The van der Waals surface area contributed by atoms with Crippen LogP contribution in [0, 0.1) is 16.2 Å². The van der Waals surface area contributed by atoms with Crippen LogP contribution in [0.15, 0.2) is 11.6 Å². The van der Waals surface area contributed by atoms with E-state index in [1.807, 2.05) is 0 Å². The SMILES string of the molecule is CC12C(=O)OCC1(C)C13CC=C(COC4OC(CO)C(O)C(O)C4O)C1(CC(=O)O3)C2O. The van der Waals surface area contributed by atoms with E-state index in [1.165, 1.54) is 0 Å². The Kier molecular flexibility index (Phi) is 4.66. The average Bonchev–Trinajstić information content (AvgIpc) is 3.35. The molecule has 0 amide bonds. The fourth-order valence-corrected chi connectivity index (χ4v) is 6.80. The molecule has 5 aliphatic rings. The second kappa shape index (κ2) is 6.72. The molecule has 11 nitrogen and oxygen atoms in total. The predicted molar refractivity (Wildman–Crippen MR) is 101 cm³/mol. The van der Waals surface area contributed by atoms with Crippen molar-refractivity contribution >= 4 is 11.9 Å². The molecule has 5 rings (SSSR count). The normalized spacial score (nSPS) is 54.0. The van der Waals surface area contributed by atoms with Crippen molar-refractivity contribution in [2.75, 3.05) is 19.8 Å². The minimum absolute atomic E-state index is 0.00309. The highest BCUT2D eigenvalue weighted by Gasteiger charge is 2.89. The van der Waals surface area contributed by atoms with Crippen LogP contribution in [-0.4, -0.2) is 99.7 Å². The Hall–Kier alpha value is -1.60. The molecule has 3 aliphatic heterocycles. The number of ether oxygens (including phenoxy) is 4. The molecule has 178 valence electrons. The molecule has 32 heavy (non-hydrogen) atoms. The second-order valence-electron chi connectivity index (χ2n) is 9.90. The predicted octanol–water partition coefficient (Wildman–Crippen LogP) is -2.25. The van der Waals surface area contributed by atoms with Crippen LogP contribution in [-0.2, 0) is 28.5 Å². The molecule has 2 aliphatic carbocycles. The van der Waals surface area contributed by atoms with Crippen LogP contribution in [0.5, 0.6) is 0 Å². The molecular weight excluding hydrogens is 428 g/mol. The molecule has 5 N–H and O–H groups in total. The highest BCUT2D eigenvalue weighted by molar-refractivity contribution is 5.86. The van der Waals surface area contributed by atoms with Gasteiger partial charge in [-0.2, -0.15) is 0 Å². The number of hydrogen-bond acceptors (Lipinski definition) is 11. The Labute approximate surface area is 183 Å². The molecule has 3 saturated heterocycles. The Bertz CT molecular complexity index is 887.